The minimum absolute atomic E-state index is 0.167. The van der Waals surface area contributed by atoms with Crippen molar-refractivity contribution in [3.05, 3.63) is 35.4 Å². The number of benzene rings is 1. The fraction of sp³-hybridized carbons (Fsp3) is 0.609. The van der Waals surface area contributed by atoms with Gasteiger partial charge in [-0.05, 0) is 30.5 Å². The molecular formula is C23H36N4O4. The molecule has 2 aliphatic rings. The molecule has 8 heteroatoms. The van der Waals surface area contributed by atoms with E-state index < -0.39 is 0 Å². The highest BCUT2D eigenvalue weighted by Gasteiger charge is 2.24. The van der Waals surface area contributed by atoms with Gasteiger partial charge in [-0.3, -0.25) is 9.89 Å². The van der Waals surface area contributed by atoms with Crippen LogP contribution >= 0.6 is 0 Å². The lowest BCUT2D eigenvalue weighted by molar-refractivity contribution is 0.0169. The van der Waals surface area contributed by atoms with Crippen LogP contribution in [0.5, 0.6) is 11.5 Å². The van der Waals surface area contributed by atoms with Crippen molar-refractivity contribution in [1.29, 1.82) is 0 Å². The molecule has 0 amide bonds. The molecule has 172 valence electrons. The number of guanidine groups is 1. The van der Waals surface area contributed by atoms with Crippen LogP contribution < -0.4 is 20.1 Å². The van der Waals surface area contributed by atoms with E-state index in [1.807, 2.05) is 13.1 Å². The molecule has 31 heavy (non-hydrogen) atoms. The minimum atomic E-state index is 0.167. The normalized spacial score (nSPS) is 18.8. The number of morpholine rings is 1. The van der Waals surface area contributed by atoms with E-state index in [9.17, 15) is 0 Å². The maximum absolute atomic E-state index is 5.57. The number of hydrogen-bond acceptors (Lipinski definition) is 6. The van der Waals surface area contributed by atoms with Crippen LogP contribution in [0.25, 0.3) is 0 Å². The summed E-state index contributed by atoms with van der Waals surface area (Å²) in [6.45, 7) is 6.41. The van der Waals surface area contributed by atoms with E-state index in [0.29, 0.717) is 0 Å². The summed E-state index contributed by atoms with van der Waals surface area (Å²) in [4.78, 5) is 6.85. The van der Waals surface area contributed by atoms with Crippen LogP contribution in [0.4, 0.5) is 0 Å². The molecule has 1 aromatic carbocycles. The van der Waals surface area contributed by atoms with E-state index in [2.05, 4.69) is 38.7 Å². The van der Waals surface area contributed by atoms with E-state index in [1.54, 1.807) is 14.2 Å². The molecule has 0 radical (unpaired) electrons. The van der Waals surface area contributed by atoms with Crippen molar-refractivity contribution in [2.45, 2.75) is 18.9 Å². The average Bonchev–Trinajstić information content (AvgIpc) is 2.84. The third kappa shape index (κ3) is 6.85. The number of aliphatic imine (C=N–C) groups is 1. The van der Waals surface area contributed by atoms with Gasteiger partial charge in [0, 0.05) is 33.2 Å². The van der Waals surface area contributed by atoms with Gasteiger partial charge in [0.1, 0.15) is 0 Å². The van der Waals surface area contributed by atoms with Gasteiger partial charge in [-0.2, -0.15) is 0 Å². The molecule has 1 aromatic rings. The highest BCUT2D eigenvalue weighted by Crippen LogP contribution is 2.32. The highest BCUT2D eigenvalue weighted by atomic mass is 16.5. The first kappa shape index (κ1) is 23.4. The van der Waals surface area contributed by atoms with Crippen LogP contribution in [0.2, 0.25) is 0 Å². The van der Waals surface area contributed by atoms with E-state index in [1.165, 1.54) is 11.1 Å². The molecule has 8 nitrogen and oxygen atoms in total. The predicted octanol–water partition coefficient (Wildman–Crippen LogP) is 1.98. The van der Waals surface area contributed by atoms with Crippen molar-refractivity contribution in [3.8, 4) is 11.5 Å². The van der Waals surface area contributed by atoms with Gasteiger partial charge in [0.2, 0.25) is 0 Å². The third-order valence-electron chi connectivity index (χ3n) is 5.76. The van der Waals surface area contributed by atoms with Crippen LogP contribution in [-0.4, -0.2) is 84.7 Å². The van der Waals surface area contributed by atoms with Crippen molar-refractivity contribution in [3.63, 3.8) is 0 Å². The zero-order valence-corrected chi connectivity index (χ0v) is 19.0. The molecule has 2 aliphatic heterocycles. The summed E-state index contributed by atoms with van der Waals surface area (Å²) in [5, 5.41) is 6.95. The smallest absolute Gasteiger partial charge is 0.191 e. The van der Waals surface area contributed by atoms with Crippen LogP contribution in [0.15, 0.2) is 34.8 Å². The fourth-order valence-electron chi connectivity index (χ4n) is 3.95. The number of methoxy groups -OCH3 is 2. The van der Waals surface area contributed by atoms with Crippen molar-refractivity contribution < 1.29 is 18.9 Å². The molecule has 0 bridgehead atoms. The van der Waals surface area contributed by atoms with Gasteiger partial charge in [0.25, 0.3) is 0 Å². The Kier molecular flexibility index (Phi) is 9.45. The summed E-state index contributed by atoms with van der Waals surface area (Å²) < 4.78 is 21.9. The number of nitrogens with one attached hydrogen (secondary N) is 2. The van der Waals surface area contributed by atoms with Crippen molar-refractivity contribution in [2.75, 3.05) is 73.9 Å². The van der Waals surface area contributed by atoms with Gasteiger partial charge in [-0.15, -0.1) is 0 Å². The lowest BCUT2D eigenvalue weighted by Gasteiger charge is -2.35. The fourth-order valence-corrected chi connectivity index (χ4v) is 3.95. The van der Waals surface area contributed by atoms with Gasteiger partial charge in [0.15, 0.2) is 17.5 Å². The number of hydrogen-bond donors (Lipinski definition) is 2. The zero-order valence-electron chi connectivity index (χ0n) is 19.0. The Balaban J connectivity index is 1.63. The first-order chi connectivity index (χ1) is 15.2. The van der Waals surface area contributed by atoms with Crippen LogP contribution in [0, 0.1) is 0 Å². The quantitative estimate of drug-likeness (QED) is 0.351. The molecule has 2 heterocycles. The lowest BCUT2D eigenvalue weighted by atomic mass is 10.0. The molecular weight excluding hydrogens is 396 g/mol. The lowest BCUT2D eigenvalue weighted by Crippen LogP contribution is -2.46. The van der Waals surface area contributed by atoms with Crippen molar-refractivity contribution in [2.24, 2.45) is 4.99 Å². The van der Waals surface area contributed by atoms with E-state index in [0.717, 1.165) is 82.9 Å². The molecule has 0 aromatic heterocycles. The predicted molar refractivity (Wildman–Crippen MR) is 122 cm³/mol. The second kappa shape index (κ2) is 12.5. The van der Waals surface area contributed by atoms with Crippen LogP contribution in [0.3, 0.4) is 0 Å². The molecule has 2 N–H and O–H groups in total. The second-order valence-corrected chi connectivity index (χ2v) is 7.60. The number of ether oxygens (including phenoxy) is 4. The molecule has 3 rings (SSSR count). The highest BCUT2D eigenvalue weighted by molar-refractivity contribution is 5.79. The first-order valence-corrected chi connectivity index (χ1v) is 11.0. The van der Waals surface area contributed by atoms with Crippen LogP contribution in [-0.2, 0) is 9.47 Å². The maximum atomic E-state index is 5.57. The third-order valence-corrected chi connectivity index (χ3v) is 5.76. The molecule has 0 aliphatic carbocycles. The van der Waals surface area contributed by atoms with E-state index in [-0.39, 0.29) is 6.04 Å². The average molecular weight is 433 g/mol. The van der Waals surface area contributed by atoms with Gasteiger partial charge >= 0.3 is 0 Å². The van der Waals surface area contributed by atoms with Crippen molar-refractivity contribution >= 4 is 5.96 Å². The summed E-state index contributed by atoms with van der Waals surface area (Å²) in [7, 11) is 5.14. The summed E-state index contributed by atoms with van der Waals surface area (Å²) >= 11 is 0. The maximum Gasteiger partial charge on any atom is 0.191 e. The number of nitrogens with zero attached hydrogens (tertiary/aromatic N) is 2. The summed E-state index contributed by atoms with van der Waals surface area (Å²) in [6, 6.07) is 6.31. The monoisotopic (exact) mass is 432 g/mol. The van der Waals surface area contributed by atoms with E-state index >= 15 is 0 Å². The Morgan fingerprint density at radius 1 is 1.10 bits per heavy atom. The van der Waals surface area contributed by atoms with E-state index in [4.69, 9.17) is 18.9 Å². The van der Waals surface area contributed by atoms with Crippen molar-refractivity contribution in [1.82, 2.24) is 15.5 Å². The summed E-state index contributed by atoms with van der Waals surface area (Å²) in [5.74, 6) is 2.29. The molecule has 1 unspecified atom stereocenters. The number of rotatable bonds is 9. The molecule has 0 spiro atoms. The van der Waals surface area contributed by atoms with Gasteiger partial charge < -0.3 is 29.6 Å². The largest absolute Gasteiger partial charge is 0.493 e. The molecule has 1 fully saturated rings. The van der Waals surface area contributed by atoms with Gasteiger partial charge in [-0.25, -0.2) is 0 Å². The Labute approximate surface area is 185 Å². The summed E-state index contributed by atoms with van der Waals surface area (Å²) in [6.07, 6.45) is 4.21. The zero-order chi connectivity index (χ0) is 21.9. The van der Waals surface area contributed by atoms with Gasteiger partial charge in [-0.1, -0.05) is 17.7 Å². The Bertz CT molecular complexity index is 747. The SMILES string of the molecule is CN=C(NCCC1=CCOCC1)NCC(c1ccc(OC)c(OC)c1)N1CCOCC1. The Hall–Kier alpha value is -2.29. The topological polar surface area (TPSA) is 76.6 Å². The van der Waals surface area contributed by atoms with Gasteiger partial charge in [0.05, 0.1) is 46.7 Å². The standard InChI is InChI=1S/C23H36N4O4/c1-24-23(25-9-6-18-7-12-30-13-8-18)26-17-20(27-10-14-31-15-11-27)19-4-5-21(28-2)22(16-19)29-3/h4-5,7,16,20H,6,8-15,17H2,1-3H3,(H2,24,25,26). The minimum Gasteiger partial charge on any atom is -0.493 e. The Morgan fingerprint density at radius 3 is 2.58 bits per heavy atom. The van der Waals surface area contributed by atoms with Crippen LogP contribution in [0.1, 0.15) is 24.4 Å². The summed E-state index contributed by atoms with van der Waals surface area (Å²) in [5.41, 5.74) is 2.63. The second-order valence-electron chi connectivity index (χ2n) is 7.60. The first-order valence-electron chi connectivity index (χ1n) is 11.0. The molecule has 1 saturated heterocycles. The Morgan fingerprint density at radius 2 is 1.90 bits per heavy atom. The molecule has 1 atom stereocenters. The molecule has 0 saturated carbocycles.